The van der Waals surface area contributed by atoms with E-state index in [1.165, 1.54) is 20.3 Å². The van der Waals surface area contributed by atoms with Gasteiger partial charge in [-0.1, -0.05) is 6.07 Å². The molecule has 0 fully saturated rings. The van der Waals surface area contributed by atoms with Crippen LogP contribution in [0.1, 0.15) is 10.4 Å². The van der Waals surface area contributed by atoms with Crippen molar-refractivity contribution in [1.82, 2.24) is 5.32 Å². The molecular weight excluding hydrogens is 254 g/mol. The lowest BCUT2D eigenvalue weighted by atomic mass is 10.1. The number of nitrogens with one attached hydrogen (secondary N) is 1. The molecule has 1 aromatic rings. The minimum Gasteiger partial charge on any atom is -0.493 e. The molecule has 3 N–H and O–H groups in total. The second kappa shape index (κ2) is 6.60. The van der Waals surface area contributed by atoms with Crippen molar-refractivity contribution < 1.29 is 29.3 Å². The fourth-order valence-electron chi connectivity index (χ4n) is 1.44. The van der Waals surface area contributed by atoms with E-state index in [0.29, 0.717) is 5.75 Å². The molecule has 1 rings (SSSR count). The van der Waals surface area contributed by atoms with E-state index in [4.69, 9.17) is 19.7 Å². The Kier molecular flexibility index (Phi) is 5.13. The lowest BCUT2D eigenvalue weighted by Gasteiger charge is -2.13. The number of aliphatic carboxylic acids is 1. The molecule has 0 aliphatic carbocycles. The van der Waals surface area contributed by atoms with Gasteiger partial charge in [-0.15, -0.1) is 0 Å². The van der Waals surface area contributed by atoms with Gasteiger partial charge in [0.25, 0.3) is 5.91 Å². The van der Waals surface area contributed by atoms with Gasteiger partial charge in [-0.2, -0.15) is 0 Å². The number of carboxylic acid groups (broad SMARTS) is 1. The molecule has 0 saturated carbocycles. The molecule has 19 heavy (non-hydrogen) atoms. The third-order valence-electron chi connectivity index (χ3n) is 2.39. The first-order valence-electron chi connectivity index (χ1n) is 5.41. The highest BCUT2D eigenvalue weighted by Gasteiger charge is 2.19. The molecule has 0 aromatic heterocycles. The first kappa shape index (κ1) is 14.8. The summed E-state index contributed by atoms with van der Waals surface area (Å²) in [5.41, 5.74) is 0.194. The van der Waals surface area contributed by atoms with Crippen molar-refractivity contribution in [3.05, 3.63) is 23.8 Å². The number of hydrogen-bond acceptors (Lipinski definition) is 5. The van der Waals surface area contributed by atoms with E-state index < -0.39 is 24.5 Å². The van der Waals surface area contributed by atoms with Crippen molar-refractivity contribution in [2.75, 3.05) is 20.8 Å². The van der Waals surface area contributed by atoms with Gasteiger partial charge in [-0.3, -0.25) is 4.79 Å². The molecule has 1 amide bonds. The minimum absolute atomic E-state index is 0.194. The fraction of sp³-hybridized carbons (Fsp3) is 0.333. The van der Waals surface area contributed by atoms with Gasteiger partial charge in [0.2, 0.25) is 0 Å². The van der Waals surface area contributed by atoms with Crippen LogP contribution in [0.15, 0.2) is 18.2 Å². The summed E-state index contributed by atoms with van der Waals surface area (Å²) in [6.07, 6.45) is -1.65. The van der Waals surface area contributed by atoms with Crippen LogP contribution in [0.3, 0.4) is 0 Å². The van der Waals surface area contributed by atoms with E-state index in [0.717, 1.165) is 0 Å². The van der Waals surface area contributed by atoms with Crippen LogP contribution in [0.2, 0.25) is 0 Å². The molecule has 0 aliphatic heterocycles. The fourth-order valence-corrected chi connectivity index (χ4v) is 1.44. The van der Waals surface area contributed by atoms with Gasteiger partial charge in [0, 0.05) is 0 Å². The number of carbonyl (C=O) groups is 2. The Morgan fingerprint density at radius 2 is 2.00 bits per heavy atom. The van der Waals surface area contributed by atoms with Crippen LogP contribution in [-0.4, -0.2) is 49.0 Å². The van der Waals surface area contributed by atoms with E-state index in [1.54, 1.807) is 12.1 Å². The Balaban J connectivity index is 2.85. The van der Waals surface area contributed by atoms with Crippen molar-refractivity contribution in [2.24, 2.45) is 0 Å². The number of rotatable bonds is 6. The number of ether oxygens (including phenoxy) is 2. The second-order valence-corrected chi connectivity index (χ2v) is 3.61. The van der Waals surface area contributed by atoms with Gasteiger partial charge in [-0.25, -0.2) is 4.79 Å². The molecule has 1 atom stereocenters. The third kappa shape index (κ3) is 3.59. The van der Waals surface area contributed by atoms with Crippen molar-refractivity contribution in [3.63, 3.8) is 0 Å². The highest BCUT2D eigenvalue weighted by molar-refractivity contribution is 5.98. The molecule has 0 saturated heterocycles. The monoisotopic (exact) mass is 269 g/mol. The highest BCUT2D eigenvalue weighted by Crippen LogP contribution is 2.30. The van der Waals surface area contributed by atoms with Crippen LogP contribution in [0.5, 0.6) is 11.5 Å². The van der Waals surface area contributed by atoms with Crippen molar-refractivity contribution >= 4 is 11.9 Å². The van der Waals surface area contributed by atoms with Crippen LogP contribution in [0.4, 0.5) is 0 Å². The van der Waals surface area contributed by atoms with Crippen molar-refractivity contribution in [3.8, 4) is 11.5 Å². The average Bonchev–Trinajstić information content (AvgIpc) is 2.42. The first-order chi connectivity index (χ1) is 9.01. The van der Waals surface area contributed by atoms with Crippen LogP contribution >= 0.6 is 0 Å². The zero-order chi connectivity index (χ0) is 14.4. The molecule has 0 heterocycles. The van der Waals surface area contributed by atoms with E-state index in [2.05, 4.69) is 5.32 Å². The zero-order valence-corrected chi connectivity index (χ0v) is 10.5. The quantitative estimate of drug-likeness (QED) is 0.665. The molecule has 0 radical (unpaired) electrons. The third-order valence-corrected chi connectivity index (χ3v) is 2.39. The summed E-state index contributed by atoms with van der Waals surface area (Å²) in [6, 6.07) is 4.73. The Labute approximate surface area is 109 Å². The smallest absolute Gasteiger partial charge is 0.334 e. The van der Waals surface area contributed by atoms with Gasteiger partial charge >= 0.3 is 5.97 Å². The SMILES string of the molecule is COc1cccc(C(=O)NC[C@H](O)C(=O)O)c1OC. The number of benzene rings is 1. The maximum Gasteiger partial charge on any atom is 0.334 e. The van der Waals surface area contributed by atoms with Crippen LogP contribution < -0.4 is 14.8 Å². The van der Waals surface area contributed by atoms with Crippen molar-refractivity contribution in [2.45, 2.75) is 6.10 Å². The Hall–Kier alpha value is -2.28. The number of aliphatic hydroxyl groups is 1. The number of hydrogen-bond donors (Lipinski definition) is 3. The summed E-state index contributed by atoms with van der Waals surface area (Å²) in [5, 5.41) is 19.9. The van der Waals surface area contributed by atoms with E-state index in [9.17, 15) is 9.59 Å². The normalized spacial score (nSPS) is 11.5. The first-order valence-corrected chi connectivity index (χ1v) is 5.41. The second-order valence-electron chi connectivity index (χ2n) is 3.61. The molecule has 0 aliphatic rings. The number of carbonyl (C=O) groups excluding carboxylic acids is 1. The minimum atomic E-state index is -1.65. The maximum atomic E-state index is 11.9. The van der Waals surface area contributed by atoms with E-state index in [-0.39, 0.29) is 11.3 Å². The van der Waals surface area contributed by atoms with Gasteiger partial charge < -0.3 is 25.0 Å². The predicted octanol–water partition coefficient (Wildman–Crippen LogP) is -0.121. The summed E-state index contributed by atoms with van der Waals surface area (Å²) < 4.78 is 10.1. The Morgan fingerprint density at radius 1 is 1.32 bits per heavy atom. The van der Waals surface area contributed by atoms with Gasteiger partial charge in [-0.05, 0) is 12.1 Å². The standard InChI is InChI=1S/C12H15NO6/c1-18-9-5-3-4-7(10(9)19-2)11(15)13-6-8(14)12(16)17/h3-5,8,14H,6H2,1-2H3,(H,13,15)(H,16,17)/t8-/m0/s1. The van der Waals surface area contributed by atoms with E-state index in [1.807, 2.05) is 0 Å². The zero-order valence-electron chi connectivity index (χ0n) is 10.5. The topological polar surface area (TPSA) is 105 Å². The lowest BCUT2D eigenvalue weighted by molar-refractivity contribution is -0.146. The molecule has 7 nitrogen and oxygen atoms in total. The molecule has 0 unspecified atom stereocenters. The maximum absolute atomic E-state index is 11.9. The van der Waals surface area contributed by atoms with Crippen LogP contribution in [0, 0.1) is 0 Å². The molecular formula is C12H15NO6. The summed E-state index contributed by atoms with van der Waals surface area (Å²) in [5.74, 6) is -1.34. The van der Waals surface area contributed by atoms with Crippen LogP contribution in [-0.2, 0) is 4.79 Å². The lowest BCUT2D eigenvalue weighted by Crippen LogP contribution is -2.36. The Morgan fingerprint density at radius 3 is 2.53 bits per heavy atom. The number of aliphatic hydroxyl groups excluding tert-OH is 1. The molecule has 1 aromatic carbocycles. The number of carboxylic acids is 1. The van der Waals surface area contributed by atoms with Gasteiger partial charge in [0.1, 0.15) is 0 Å². The average molecular weight is 269 g/mol. The Bertz CT molecular complexity index is 473. The molecule has 0 bridgehead atoms. The van der Waals surface area contributed by atoms with Gasteiger partial charge in [0.15, 0.2) is 17.6 Å². The van der Waals surface area contributed by atoms with Crippen LogP contribution in [0.25, 0.3) is 0 Å². The predicted molar refractivity (Wildman–Crippen MR) is 65.5 cm³/mol. The molecule has 0 spiro atoms. The summed E-state index contributed by atoms with van der Waals surface area (Å²) in [4.78, 5) is 22.3. The molecule has 7 heteroatoms. The summed E-state index contributed by atoms with van der Waals surface area (Å²) >= 11 is 0. The summed E-state index contributed by atoms with van der Waals surface area (Å²) in [6.45, 7) is -0.394. The number of para-hydroxylation sites is 1. The number of methoxy groups -OCH3 is 2. The molecule has 104 valence electrons. The van der Waals surface area contributed by atoms with Crippen molar-refractivity contribution in [1.29, 1.82) is 0 Å². The summed E-state index contributed by atoms with van der Waals surface area (Å²) in [7, 11) is 2.83. The highest BCUT2D eigenvalue weighted by atomic mass is 16.5. The van der Waals surface area contributed by atoms with E-state index >= 15 is 0 Å². The largest absolute Gasteiger partial charge is 0.493 e. The van der Waals surface area contributed by atoms with Gasteiger partial charge in [0.05, 0.1) is 26.3 Å². The number of amides is 1.